The molecule has 0 N–H and O–H groups in total. The standard InChI is InChI=1S/C30H29NO5/c1-6-34-24(32)16-23-21-12-8-10-20-11-9-13-22(26(20)21)30(23)27(29(33)35-7-2)28(31-36-30)25-18(4)14-17(3)15-19(25)5/h8-16,27H,6-7H2,1-5H3/b23-16+. The molecule has 1 aliphatic heterocycles. The summed E-state index contributed by atoms with van der Waals surface area (Å²) < 4.78 is 10.9. The Morgan fingerprint density at radius 2 is 1.67 bits per heavy atom. The first-order valence-corrected chi connectivity index (χ1v) is 12.3. The summed E-state index contributed by atoms with van der Waals surface area (Å²) in [7, 11) is 0. The number of aryl methyl sites for hydroxylation is 3. The normalized spacial score (nSPS) is 21.1. The molecule has 1 heterocycles. The molecule has 0 amide bonds. The van der Waals surface area contributed by atoms with Crippen LogP contribution in [-0.4, -0.2) is 30.9 Å². The number of hydrogen-bond donors (Lipinski definition) is 0. The Morgan fingerprint density at radius 1 is 1.00 bits per heavy atom. The van der Waals surface area contributed by atoms with Crippen LogP contribution in [0.5, 0.6) is 0 Å². The minimum Gasteiger partial charge on any atom is -0.465 e. The van der Waals surface area contributed by atoms with Gasteiger partial charge in [0.1, 0.15) is 5.71 Å². The summed E-state index contributed by atoms with van der Waals surface area (Å²) in [6.45, 7) is 10.0. The quantitative estimate of drug-likeness (QED) is 0.352. The number of carbonyl (C=O) groups excluding carboxylic acids is 2. The highest BCUT2D eigenvalue weighted by Gasteiger charge is 2.61. The monoisotopic (exact) mass is 483 g/mol. The topological polar surface area (TPSA) is 74.2 Å². The lowest BCUT2D eigenvalue weighted by Crippen LogP contribution is -2.42. The van der Waals surface area contributed by atoms with Crippen LogP contribution in [0.4, 0.5) is 0 Å². The average Bonchev–Trinajstić information content (AvgIpc) is 3.33. The number of esters is 2. The van der Waals surface area contributed by atoms with Crippen molar-refractivity contribution in [2.45, 2.75) is 40.2 Å². The summed E-state index contributed by atoms with van der Waals surface area (Å²) in [4.78, 5) is 32.9. The van der Waals surface area contributed by atoms with Gasteiger partial charge in [0.05, 0.1) is 13.2 Å². The first-order valence-electron chi connectivity index (χ1n) is 12.3. The fraction of sp³-hybridized carbons (Fsp3) is 0.300. The minimum absolute atomic E-state index is 0.207. The molecule has 5 rings (SSSR count). The molecular weight excluding hydrogens is 454 g/mol. The van der Waals surface area contributed by atoms with Gasteiger partial charge in [0.15, 0.2) is 5.92 Å². The van der Waals surface area contributed by atoms with Gasteiger partial charge in [0.25, 0.3) is 0 Å². The summed E-state index contributed by atoms with van der Waals surface area (Å²) >= 11 is 0. The van der Waals surface area contributed by atoms with E-state index in [0.717, 1.165) is 44.2 Å². The lowest BCUT2D eigenvalue weighted by atomic mass is 9.74. The van der Waals surface area contributed by atoms with Crippen molar-refractivity contribution in [2.24, 2.45) is 11.1 Å². The lowest BCUT2D eigenvalue weighted by Gasteiger charge is -2.31. The second-order valence-electron chi connectivity index (χ2n) is 9.28. The molecule has 0 aromatic heterocycles. The Morgan fingerprint density at radius 3 is 2.33 bits per heavy atom. The maximum Gasteiger partial charge on any atom is 0.331 e. The molecule has 36 heavy (non-hydrogen) atoms. The van der Waals surface area contributed by atoms with Crippen LogP contribution in [0.1, 0.15) is 47.2 Å². The number of nitrogens with zero attached hydrogens (tertiary/aromatic N) is 1. The van der Waals surface area contributed by atoms with E-state index in [1.54, 1.807) is 13.8 Å². The molecule has 0 saturated carbocycles. The van der Waals surface area contributed by atoms with Crippen LogP contribution in [0.3, 0.4) is 0 Å². The molecule has 1 spiro atoms. The van der Waals surface area contributed by atoms with E-state index in [0.29, 0.717) is 11.3 Å². The maximum absolute atomic E-state index is 13.8. The highest BCUT2D eigenvalue weighted by Crippen LogP contribution is 2.58. The van der Waals surface area contributed by atoms with Gasteiger partial charge in [-0.1, -0.05) is 59.3 Å². The van der Waals surface area contributed by atoms with E-state index >= 15 is 0 Å². The van der Waals surface area contributed by atoms with Crippen molar-refractivity contribution in [3.63, 3.8) is 0 Å². The first-order chi connectivity index (χ1) is 17.3. The molecular formula is C30H29NO5. The molecule has 0 bridgehead atoms. The van der Waals surface area contributed by atoms with Crippen molar-refractivity contribution in [2.75, 3.05) is 13.2 Å². The molecule has 2 unspecified atom stereocenters. The second-order valence-corrected chi connectivity index (χ2v) is 9.28. The lowest BCUT2D eigenvalue weighted by molar-refractivity contribution is -0.151. The molecule has 6 heteroatoms. The van der Waals surface area contributed by atoms with E-state index < -0.39 is 23.5 Å². The second kappa shape index (κ2) is 8.94. The number of benzene rings is 3. The van der Waals surface area contributed by atoms with E-state index in [4.69, 9.17) is 14.3 Å². The predicted octanol–water partition coefficient (Wildman–Crippen LogP) is 5.53. The molecule has 0 radical (unpaired) electrons. The van der Waals surface area contributed by atoms with Gasteiger partial charge in [-0.3, -0.25) is 4.79 Å². The van der Waals surface area contributed by atoms with E-state index in [-0.39, 0.29) is 13.2 Å². The van der Waals surface area contributed by atoms with Crippen LogP contribution < -0.4 is 0 Å². The smallest absolute Gasteiger partial charge is 0.331 e. The number of rotatable bonds is 5. The van der Waals surface area contributed by atoms with Crippen LogP contribution in [0.2, 0.25) is 0 Å². The SMILES string of the molecule is CCOC(=O)/C=C1\c2cccc3cccc(c23)C12ON=C(c1c(C)cc(C)cc1C)C2C(=O)OCC. The summed E-state index contributed by atoms with van der Waals surface area (Å²) in [6.07, 6.45) is 1.44. The summed E-state index contributed by atoms with van der Waals surface area (Å²) in [6, 6.07) is 15.9. The van der Waals surface area contributed by atoms with Gasteiger partial charge in [-0.05, 0) is 62.1 Å². The zero-order chi connectivity index (χ0) is 25.6. The Hall–Kier alpha value is -3.93. The fourth-order valence-electron chi connectivity index (χ4n) is 5.81. The third-order valence-corrected chi connectivity index (χ3v) is 6.97. The third-order valence-electron chi connectivity index (χ3n) is 6.97. The van der Waals surface area contributed by atoms with E-state index in [9.17, 15) is 9.59 Å². The van der Waals surface area contributed by atoms with Crippen LogP contribution >= 0.6 is 0 Å². The van der Waals surface area contributed by atoms with Crippen molar-refractivity contribution < 1.29 is 23.9 Å². The highest BCUT2D eigenvalue weighted by atomic mass is 16.7. The van der Waals surface area contributed by atoms with Gasteiger partial charge < -0.3 is 14.3 Å². The van der Waals surface area contributed by atoms with Gasteiger partial charge >= 0.3 is 11.9 Å². The largest absolute Gasteiger partial charge is 0.465 e. The first kappa shape index (κ1) is 23.8. The van der Waals surface area contributed by atoms with Gasteiger partial charge in [0.2, 0.25) is 5.60 Å². The summed E-state index contributed by atoms with van der Waals surface area (Å²) in [5.41, 5.74) is 5.25. The van der Waals surface area contributed by atoms with E-state index in [1.165, 1.54) is 6.08 Å². The molecule has 3 aromatic carbocycles. The molecule has 184 valence electrons. The van der Waals surface area contributed by atoms with Crippen LogP contribution in [-0.2, 0) is 29.5 Å². The molecule has 0 saturated heterocycles. The molecule has 1 aliphatic carbocycles. The Balaban J connectivity index is 1.81. The van der Waals surface area contributed by atoms with Crippen molar-refractivity contribution in [3.8, 4) is 0 Å². The van der Waals surface area contributed by atoms with Crippen LogP contribution in [0.25, 0.3) is 16.3 Å². The molecule has 0 fully saturated rings. The van der Waals surface area contributed by atoms with Gasteiger partial charge in [-0.15, -0.1) is 0 Å². The molecule has 6 nitrogen and oxygen atoms in total. The van der Waals surface area contributed by atoms with E-state index in [1.807, 2.05) is 57.2 Å². The van der Waals surface area contributed by atoms with Crippen molar-refractivity contribution >= 4 is 34.0 Å². The number of oxime groups is 1. The van der Waals surface area contributed by atoms with Gasteiger partial charge in [0, 0.05) is 22.8 Å². The van der Waals surface area contributed by atoms with Crippen molar-refractivity contribution in [1.82, 2.24) is 0 Å². The summed E-state index contributed by atoms with van der Waals surface area (Å²) in [5.74, 6) is -1.87. The zero-order valence-electron chi connectivity index (χ0n) is 21.2. The third kappa shape index (κ3) is 3.43. The predicted molar refractivity (Wildman–Crippen MR) is 139 cm³/mol. The highest BCUT2D eigenvalue weighted by molar-refractivity contribution is 6.20. The number of fused-ring (bicyclic) bond motifs is 1. The average molecular weight is 484 g/mol. The van der Waals surface area contributed by atoms with Gasteiger partial charge in [-0.2, -0.15) is 0 Å². The summed E-state index contributed by atoms with van der Waals surface area (Å²) in [5, 5.41) is 6.49. The molecule has 2 aliphatic rings. The zero-order valence-corrected chi connectivity index (χ0v) is 21.2. The van der Waals surface area contributed by atoms with Crippen molar-refractivity contribution in [3.05, 3.63) is 88.0 Å². The number of carbonyl (C=O) groups is 2. The number of hydrogen-bond acceptors (Lipinski definition) is 6. The van der Waals surface area contributed by atoms with Crippen LogP contribution in [0, 0.1) is 26.7 Å². The Kier molecular flexibility index (Phi) is 5.91. The Bertz CT molecular complexity index is 1440. The number of ether oxygens (including phenoxy) is 2. The maximum atomic E-state index is 13.8. The van der Waals surface area contributed by atoms with Gasteiger partial charge in [-0.25, -0.2) is 4.79 Å². The van der Waals surface area contributed by atoms with Crippen LogP contribution in [0.15, 0.2) is 59.8 Å². The minimum atomic E-state index is -1.36. The molecule has 3 aromatic rings. The Labute approximate surface area is 210 Å². The fourth-order valence-corrected chi connectivity index (χ4v) is 5.81. The molecule has 2 atom stereocenters. The van der Waals surface area contributed by atoms with Crippen molar-refractivity contribution in [1.29, 1.82) is 0 Å². The van der Waals surface area contributed by atoms with E-state index in [2.05, 4.69) is 17.3 Å².